The zero-order valence-corrected chi connectivity index (χ0v) is 42.1. The van der Waals surface area contributed by atoms with Gasteiger partial charge >= 0.3 is 16.4 Å². The molecule has 0 bridgehead atoms. The van der Waals surface area contributed by atoms with Gasteiger partial charge in [-0.1, -0.05) is 184 Å². The summed E-state index contributed by atoms with van der Waals surface area (Å²) in [5.41, 5.74) is 0. The molecule has 0 saturated carbocycles. The van der Waals surface area contributed by atoms with Gasteiger partial charge in [0.25, 0.3) is 0 Å². The molecule has 4 N–H and O–H groups in total. The molecule has 12 nitrogen and oxygen atoms in total. The van der Waals surface area contributed by atoms with Crippen LogP contribution < -0.4 is 0 Å². The van der Waals surface area contributed by atoms with Crippen LogP contribution >= 0.6 is 0 Å². The lowest BCUT2D eigenvalue weighted by Crippen LogP contribution is -2.60. The van der Waals surface area contributed by atoms with E-state index in [2.05, 4.69) is 78.8 Å². The minimum atomic E-state index is -5.07. The fourth-order valence-electron chi connectivity index (χ4n) is 7.72. The highest BCUT2D eigenvalue weighted by Gasteiger charge is 2.48. The van der Waals surface area contributed by atoms with E-state index in [9.17, 15) is 33.1 Å². The van der Waals surface area contributed by atoms with E-state index in [0.717, 1.165) is 89.9 Å². The summed E-state index contributed by atoms with van der Waals surface area (Å²) in [6.45, 7) is 3.87. The Kier molecular flexibility index (Phi) is 41.2. The third-order valence-corrected chi connectivity index (χ3v) is 12.1. The van der Waals surface area contributed by atoms with Gasteiger partial charge in [0.2, 0.25) is 0 Å². The standard InChI is InChI=1S/C53H94O12S/c1-3-5-7-9-11-13-15-17-19-20-21-22-23-24-25-26-27-29-31-33-35-37-39-41-43-61-45-47(46-62-53-51(57)52(65-66(58,59)60)50(56)48(44-54)64-53)63-49(55)42-40-38-36-34-32-30-28-18-16-14-12-10-8-6-4-2/h5,7,11,13,17-19,21-22,28,47-48,50-54,56-57H,3-4,6,8-10,12,14-16,20,23-27,29-46H2,1-2H3,(H,58,59,60)/b7-5-,13-11-,19-17-,22-21-,28-18-. The largest absolute Gasteiger partial charge is 0.457 e. The maximum Gasteiger partial charge on any atom is 0.397 e. The van der Waals surface area contributed by atoms with Gasteiger partial charge < -0.3 is 34.3 Å². The van der Waals surface area contributed by atoms with Crippen molar-refractivity contribution in [1.29, 1.82) is 0 Å². The molecule has 0 aliphatic carbocycles. The van der Waals surface area contributed by atoms with Crippen molar-refractivity contribution < 1.29 is 56.2 Å². The highest BCUT2D eigenvalue weighted by molar-refractivity contribution is 7.80. The van der Waals surface area contributed by atoms with Crippen molar-refractivity contribution >= 4 is 16.4 Å². The first-order chi connectivity index (χ1) is 32.1. The molecular formula is C53H94O12S. The van der Waals surface area contributed by atoms with Gasteiger partial charge in [-0.3, -0.25) is 9.35 Å². The molecule has 384 valence electrons. The number of hydrogen-bond acceptors (Lipinski definition) is 11. The topological polar surface area (TPSA) is 178 Å². The molecule has 0 radical (unpaired) electrons. The summed E-state index contributed by atoms with van der Waals surface area (Å²) in [5, 5.41) is 30.8. The molecule has 0 spiro atoms. The van der Waals surface area contributed by atoms with Crippen LogP contribution in [0.3, 0.4) is 0 Å². The Hall–Kier alpha value is -2.20. The molecule has 1 rings (SSSR count). The van der Waals surface area contributed by atoms with Crippen molar-refractivity contribution in [3.63, 3.8) is 0 Å². The van der Waals surface area contributed by atoms with Gasteiger partial charge in [-0.05, 0) is 77.0 Å². The quantitative estimate of drug-likeness (QED) is 0.0197. The Bertz CT molecular complexity index is 1380. The fourth-order valence-corrected chi connectivity index (χ4v) is 8.23. The van der Waals surface area contributed by atoms with Crippen molar-refractivity contribution in [3.05, 3.63) is 60.8 Å². The number of rotatable bonds is 45. The van der Waals surface area contributed by atoms with Crippen molar-refractivity contribution in [1.82, 2.24) is 0 Å². The zero-order valence-electron chi connectivity index (χ0n) is 41.2. The van der Waals surface area contributed by atoms with Gasteiger partial charge in [-0.15, -0.1) is 0 Å². The van der Waals surface area contributed by atoms with Gasteiger partial charge in [0.1, 0.15) is 30.5 Å². The van der Waals surface area contributed by atoms with Gasteiger partial charge in [0.15, 0.2) is 6.29 Å². The van der Waals surface area contributed by atoms with Gasteiger partial charge in [0, 0.05) is 13.0 Å². The smallest absolute Gasteiger partial charge is 0.397 e. The van der Waals surface area contributed by atoms with Crippen LogP contribution in [0.2, 0.25) is 0 Å². The van der Waals surface area contributed by atoms with E-state index in [-0.39, 0.29) is 19.6 Å². The molecule has 0 aromatic rings. The number of hydrogen-bond donors (Lipinski definition) is 4. The van der Waals surface area contributed by atoms with E-state index in [0.29, 0.717) is 13.0 Å². The second-order valence-electron chi connectivity index (χ2n) is 17.7. The number of aliphatic hydroxyl groups excluding tert-OH is 3. The lowest BCUT2D eigenvalue weighted by Gasteiger charge is -2.41. The number of esters is 1. The number of allylic oxidation sites excluding steroid dienone is 10. The molecule has 0 aromatic heterocycles. The Morgan fingerprint density at radius 3 is 1.55 bits per heavy atom. The van der Waals surface area contributed by atoms with Crippen molar-refractivity contribution in [2.75, 3.05) is 26.4 Å². The molecule has 1 heterocycles. The molecule has 6 unspecified atom stereocenters. The van der Waals surface area contributed by atoms with Gasteiger partial charge in [0.05, 0.1) is 19.8 Å². The second kappa shape index (κ2) is 44.0. The van der Waals surface area contributed by atoms with Crippen LogP contribution in [0, 0.1) is 0 Å². The van der Waals surface area contributed by atoms with Crippen molar-refractivity contribution in [3.8, 4) is 0 Å². The van der Waals surface area contributed by atoms with Crippen LogP contribution in [-0.4, -0.2) is 97.5 Å². The summed E-state index contributed by atoms with van der Waals surface area (Å²) in [6.07, 6.45) is 46.8. The normalized spacial score (nSPS) is 20.0. The van der Waals surface area contributed by atoms with Crippen LogP contribution in [0.25, 0.3) is 0 Å². The lowest BCUT2D eigenvalue weighted by atomic mass is 9.99. The SMILES string of the molecule is CC/C=C\C/C=C\C/C=C\C/C=C\CCCCCCCCCCCCCOCC(COC1OC(CO)C(O)C(OS(=O)(=O)O)C1O)OC(=O)CCCCCCC/C=C\CCCCCCCC. The number of aliphatic hydroxyl groups is 3. The summed E-state index contributed by atoms with van der Waals surface area (Å²) in [5.74, 6) is -0.409. The molecule has 0 aromatic carbocycles. The number of carbonyl (C=O) groups is 1. The molecule has 1 aliphatic rings. The maximum atomic E-state index is 12.9. The van der Waals surface area contributed by atoms with Crippen LogP contribution in [-0.2, 0) is 38.3 Å². The highest BCUT2D eigenvalue weighted by atomic mass is 32.3. The molecule has 6 atom stereocenters. The summed E-state index contributed by atoms with van der Waals surface area (Å²) in [4.78, 5) is 12.9. The minimum Gasteiger partial charge on any atom is -0.457 e. The van der Waals surface area contributed by atoms with Gasteiger partial charge in [-0.2, -0.15) is 8.42 Å². The summed E-state index contributed by atoms with van der Waals surface area (Å²) < 4.78 is 59.2. The van der Waals surface area contributed by atoms with E-state index < -0.39 is 59.8 Å². The first kappa shape index (κ1) is 61.8. The van der Waals surface area contributed by atoms with Crippen LogP contribution in [0.4, 0.5) is 0 Å². The van der Waals surface area contributed by atoms with E-state index in [1.54, 1.807) is 0 Å². The predicted octanol–water partition coefficient (Wildman–Crippen LogP) is 12.1. The summed E-state index contributed by atoms with van der Waals surface area (Å²) in [6, 6.07) is 0. The van der Waals surface area contributed by atoms with Gasteiger partial charge in [-0.25, -0.2) is 4.18 Å². The predicted molar refractivity (Wildman–Crippen MR) is 266 cm³/mol. The number of carbonyl (C=O) groups excluding carboxylic acids is 1. The fraction of sp³-hybridized carbons (Fsp3) is 0.792. The van der Waals surface area contributed by atoms with Crippen LogP contribution in [0.5, 0.6) is 0 Å². The number of ether oxygens (including phenoxy) is 4. The molecular weight excluding hydrogens is 861 g/mol. The number of unbranched alkanes of at least 4 members (excludes halogenated alkanes) is 22. The third kappa shape index (κ3) is 36.8. The highest BCUT2D eigenvalue weighted by Crippen LogP contribution is 2.26. The average molecular weight is 955 g/mol. The van der Waals surface area contributed by atoms with Crippen LogP contribution in [0.1, 0.15) is 206 Å². The van der Waals surface area contributed by atoms with Crippen LogP contribution in [0.15, 0.2) is 60.8 Å². The molecule has 66 heavy (non-hydrogen) atoms. The second-order valence-corrected chi connectivity index (χ2v) is 18.8. The first-order valence-corrected chi connectivity index (χ1v) is 27.4. The third-order valence-electron chi connectivity index (χ3n) is 11.6. The van der Waals surface area contributed by atoms with E-state index in [1.807, 2.05) is 0 Å². The van der Waals surface area contributed by atoms with E-state index in [4.69, 9.17) is 18.9 Å². The molecule has 13 heteroatoms. The van der Waals surface area contributed by atoms with E-state index >= 15 is 0 Å². The summed E-state index contributed by atoms with van der Waals surface area (Å²) >= 11 is 0. The zero-order chi connectivity index (χ0) is 48.2. The Balaban J connectivity index is 2.33. The Morgan fingerprint density at radius 2 is 1.05 bits per heavy atom. The average Bonchev–Trinajstić information content (AvgIpc) is 3.29. The molecule has 0 amide bonds. The lowest BCUT2D eigenvalue weighted by molar-refractivity contribution is -0.301. The maximum absolute atomic E-state index is 12.9. The van der Waals surface area contributed by atoms with E-state index in [1.165, 1.54) is 89.9 Å². The summed E-state index contributed by atoms with van der Waals surface area (Å²) in [7, 11) is -5.07. The first-order valence-electron chi connectivity index (χ1n) is 26.0. The van der Waals surface area contributed by atoms with Crippen molar-refractivity contribution in [2.45, 2.75) is 243 Å². The molecule has 1 fully saturated rings. The molecule has 1 saturated heterocycles. The van der Waals surface area contributed by atoms with Crippen molar-refractivity contribution in [2.24, 2.45) is 0 Å². The monoisotopic (exact) mass is 955 g/mol. The minimum absolute atomic E-state index is 0.0291. The Labute approximate surface area is 401 Å². The Morgan fingerprint density at radius 1 is 0.591 bits per heavy atom. The molecule has 1 aliphatic heterocycles.